The number of carbonyl (C=O) groups is 1. The van der Waals surface area contributed by atoms with E-state index in [2.05, 4.69) is 20.5 Å². The lowest BCUT2D eigenvalue weighted by atomic mass is 10.1. The number of nitrogens with one attached hydrogen (secondary N) is 1. The molecule has 1 atom stereocenters. The molecule has 0 aromatic carbocycles. The van der Waals surface area contributed by atoms with Crippen LogP contribution in [0.25, 0.3) is 0 Å². The van der Waals surface area contributed by atoms with Crippen LogP contribution in [0.15, 0.2) is 0 Å². The van der Waals surface area contributed by atoms with E-state index in [9.17, 15) is 4.79 Å². The largest absolute Gasteiger partial charge is 0.481 e. The number of carboxylic acids is 1. The third kappa shape index (κ3) is 3.45. The summed E-state index contributed by atoms with van der Waals surface area (Å²) in [5.74, 6) is -0.452. The molecule has 0 aliphatic rings. The van der Waals surface area contributed by atoms with Crippen LogP contribution in [0.5, 0.6) is 0 Å². The van der Waals surface area contributed by atoms with Gasteiger partial charge < -0.3 is 10.4 Å². The first-order chi connectivity index (χ1) is 7.52. The number of aryl methyl sites for hydroxylation is 2. The Morgan fingerprint density at radius 3 is 2.56 bits per heavy atom. The summed E-state index contributed by atoms with van der Waals surface area (Å²) in [5.41, 5.74) is 1.57. The highest BCUT2D eigenvalue weighted by molar-refractivity contribution is 5.68. The Bertz CT molecular complexity index is 381. The number of carboxylic acid groups (broad SMARTS) is 1. The molecule has 16 heavy (non-hydrogen) atoms. The summed E-state index contributed by atoms with van der Waals surface area (Å²) in [6.45, 7) is 5.58. The van der Waals surface area contributed by atoms with E-state index in [1.165, 1.54) is 0 Å². The minimum atomic E-state index is -0.837. The normalized spacial score (nSPS) is 12.2. The molecule has 88 valence electrons. The van der Waals surface area contributed by atoms with Crippen LogP contribution >= 0.6 is 0 Å². The van der Waals surface area contributed by atoms with Crippen molar-refractivity contribution in [3.8, 4) is 0 Å². The molecule has 1 rings (SSSR count). The summed E-state index contributed by atoms with van der Waals surface area (Å²) < 4.78 is 0. The Morgan fingerprint density at radius 1 is 1.38 bits per heavy atom. The van der Waals surface area contributed by atoms with Gasteiger partial charge in [0.15, 0.2) is 0 Å². The number of hydrogen-bond donors (Lipinski definition) is 2. The quantitative estimate of drug-likeness (QED) is 0.780. The number of aromatic nitrogens is 3. The fraction of sp³-hybridized carbons (Fsp3) is 0.600. The van der Waals surface area contributed by atoms with Gasteiger partial charge in [-0.2, -0.15) is 5.10 Å². The average molecular weight is 224 g/mol. The second kappa shape index (κ2) is 5.39. The van der Waals surface area contributed by atoms with Crippen LogP contribution in [0.3, 0.4) is 0 Å². The molecule has 1 unspecified atom stereocenters. The molecule has 0 radical (unpaired) electrons. The monoisotopic (exact) mass is 224 g/mol. The molecule has 2 N–H and O–H groups in total. The SMILES string of the molecule is CCC(CC(=O)O)Nc1nnc(C)c(C)n1. The lowest BCUT2D eigenvalue weighted by Crippen LogP contribution is -2.24. The van der Waals surface area contributed by atoms with Gasteiger partial charge in [-0.1, -0.05) is 6.92 Å². The zero-order valence-corrected chi connectivity index (χ0v) is 9.69. The number of nitrogens with zero attached hydrogens (tertiary/aromatic N) is 3. The van der Waals surface area contributed by atoms with Gasteiger partial charge in [-0.15, -0.1) is 5.10 Å². The lowest BCUT2D eigenvalue weighted by Gasteiger charge is -2.14. The first kappa shape index (κ1) is 12.4. The van der Waals surface area contributed by atoms with Crippen LogP contribution in [-0.4, -0.2) is 32.3 Å². The van der Waals surface area contributed by atoms with Crippen LogP contribution in [-0.2, 0) is 4.79 Å². The number of hydrogen-bond acceptors (Lipinski definition) is 5. The molecule has 0 aliphatic heterocycles. The van der Waals surface area contributed by atoms with E-state index in [0.717, 1.165) is 11.4 Å². The molecule has 1 heterocycles. The zero-order chi connectivity index (χ0) is 12.1. The predicted octanol–water partition coefficient (Wildman–Crippen LogP) is 1.15. The van der Waals surface area contributed by atoms with Gasteiger partial charge in [-0.25, -0.2) is 4.98 Å². The van der Waals surface area contributed by atoms with Gasteiger partial charge in [0.05, 0.1) is 17.8 Å². The Morgan fingerprint density at radius 2 is 2.06 bits per heavy atom. The molecular weight excluding hydrogens is 208 g/mol. The van der Waals surface area contributed by atoms with Gasteiger partial charge in [0.1, 0.15) is 0 Å². The van der Waals surface area contributed by atoms with Crippen LogP contribution in [0.4, 0.5) is 5.95 Å². The maximum atomic E-state index is 10.6. The van der Waals surface area contributed by atoms with E-state index in [1.54, 1.807) is 0 Å². The maximum Gasteiger partial charge on any atom is 0.305 e. The van der Waals surface area contributed by atoms with Crippen molar-refractivity contribution in [3.05, 3.63) is 11.4 Å². The molecule has 0 bridgehead atoms. The van der Waals surface area contributed by atoms with E-state index in [-0.39, 0.29) is 12.5 Å². The predicted molar refractivity (Wildman–Crippen MR) is 59.3 cm³/mol. The molecule has 0 amide bonds. The Balaban J connectivity index is 2.70. The van der Waals surface area contributed by atoms with Crippen LogP contribution in [0.2, 0.25) is 0 Å². The second-order valence-electron chi connectivity index (χ2n) is 3.65. The van der Waals surface area contributed by atoms with Crippen molar-refractivity contribution in [1.29, 1.82) is 0 Å². The summed E-state index contributed by atoms with van der Waals surface area (Å²) in [6.07, 6.45) is 0.745. The molecule has 6 nitrogen and oxygen atoms in total. The Kier molecular flexibility index (Phi) is 4.16. The van der Waals surface area contributed by atoms with E-state index < -0.39 is 5.97 Å². The highest BCUT2D eigenvalue weighted by atomic mass is 16.4. The number of aliphatic carboxylic acids is 1. The van der Waals surface area contributed by atoms with Crippen LogP contribution < -0.4 is 5.32 Å². The van der Waals surface area contributed by atoms with Gasteiger partial charge >= 0.3 is 5.97 Å². The minimum absolute atomic E-state index is 0.0484. The molecular formula is C10H16N4O2. The van der Waals surface area contributed by atoms with Crippen molar-refractivity contribution >= 4 is 11.9 Å². The van der Waals surface area contributed by atoms with Gasteiger partial charge in [-0.3, -0.25) is 4.79 Å². The molecule has 0 saturated heterocycles. The fourth-order valence-corrected chi connectivity index (χ4v) is 1.21. The van der Waals surface area contributed by atoms with Crippen molar-refractivity contribution in [2.75, 3.05) is 5.32 Å². The lowest BCUT2D eigenvalue weighted by molar-refractivity contribution is -0.137. The standard InChI is InChI=1S/C10H16N4O2/c1-4-8(5-9(15)16)12-10-11-6(2)7(3)13-14-10/h8H,4-5H2,1-3H3,(H,15,16)(H,11,12,14). The number of rotatable bonds is 5. The van der Waals surface area contributed by atoms with Crippen molar-refractivity contribution < 1.29 is 9.90 Å². The molecule has 0 aliphatic carbocycles. The highest BCUT2D eigenvalue weighted by Crippen LogP contribution is 2.07. The Hall–Kier alpha value is -1.72. The summed E-state index contributed by atoms with van der Waals surface area (Å²) in [5, 5.41) is 19.4. The van der Waals surface area contributed by atoms with E-state index in [4.69, 9.17) is 5.11 Å². The summed E-state index contributed by atoms with van der Waals surface area (Å²) in [7, 11) is 0. The maximum absolute atomic E-state index is 10.6. The first-order valence-electron chi connectivity index (χ1n) is 5.19. The third-order valence-electron chi connectivity index (χ3n) is 2.34. The van der Waals surface area contributed by atoms with E-state index in [1.807, 2.05) is 20.8 Å². The Labute approximate surface area is 94.1 Å². The average Bonchev–Trinajstić information content (AvgIpc) is 2.22. The third-order valence-corrected chi connectivity index (χ3v) is 2.34. The highest BCUT2D eigenvalue weighted by Gasteiger charge is 2.12. The van der Waals surface area contributed by atoms with Gasteiger partial charge in [-0.05, 0) is 20.3 Å². The fourth-order valence-electron chi connectivity index (χ4n) is 1.21. The molecule has 1 aromatic rings. The topological polar surface area (TPSA) is 88.0 Å². The summed E-state index contributed by atoms with van der Waals surface area (Å²) >= 11 is 0. The zero-order valence-electron chi connectivity index (χ0n) is 9.69. The van der Waals surface area contributed by atoms with E-state index >= 15 is 0 Å². The van der Waals surface area contributed by atoms with Crippen LogP contribution in [0.1, 0.15) is 31.2 Å². The summed E-state index contributed by atoms with van der Waals surface area (Å²) in [6, 6.07) is -0.165. The van der Waals surface area contributed by atoms with Gasteiger partial charge in [0.25, 0.3) is 0 Å². The van der Waals surface area contributed by atoms with Crippen molar-refractivity contribution in [1.82, 2.24) is 15.2 Å². The van der Waals surface area contributed by atoms with E-state index in [0.29, 0.717) is 12.4 Å². The summed E-state index contributed by atoms with van der Waals surface area (Å²) in [4.78, 5) is 14.8. The molecule has 1 aromatic heterocycles. The molecule has 0 fully saturated rings. The van der Waals surface area contributed by atoms with Crippen molar-refractivity contribution in [2.24, 2.45) is 0 Å². The number of anilines is 1. The van der Waals surface area contributed by atoms with Crippen LogP contribution in [0, 0.1) is 13.8 Å². The molecule has 0 spiro atoms. The first-order valence-corrected chi connectivity index (χ1v) is 5.19. The second-order valence-corrected chi connectivity index (χ2v) is 3.65. The van der Waals surface area contributed by atoms with Gasteiger partial charge in [0, 0.05) is 6.04 Å². The van der Waals surface area contributed by atoms with Crippen molar-refractivity contribution in [3.63, 3.8) is 0 Å². The smallest absolute Gasteiger partial charge is 0.305 e. The van der Waals surface area contributed by atoms with Gasteiger partial charge in [0.2, 0.25) is 5.95 Å². The minimum Gasteiger partial charge on any atom is -0.481 e. The van der Waals surface area contributed by atoms with Crippen molar-refractivity contribution in [2.45, 2.75) is 39.7 Å². The molecule has 6 heteroatoms. The molecule has 0 saturated carbocycles.